The highest BCUT2D eigenvalue weighted by atomic mass is 16.5. The molecule has 2 atom stereocenters. The minimum absolute atomic E-state index is 0.0197. The van der Waals surface area contributed by atoms with Crippen LogP contribution in [0.15, 0.2) is 29.2 Å². The van der Waals surface area contributed by atoms with E-state index < -0.39 is 17.4 Å². The van der Waals surface area contributed by atoms with Crippen molar-refractivity contribution in [1.29, 1.82) is 0 Å². The first-order valence-electron chi connectivity index (χ1n) is 12.2. The number of esters is 1. The van der Waals surface area contributed by atoms with E-state index in [2.05, 4.69) is 32.6 Å². The number of carbonyl (C=O) groups excluding carboxylic acids is 1. The molecule has 1 N–H and O–H groups in total. The van der Waals surface area contributed by atoms with E-state index in [1.54, 1.807) is 6.07 Å². The number of ether oxygens (including phenoxy) is 2. The number of fused-ring (bicyclic) bond motifs is 3. The molecule has 8 nitrogen and oxygen atoms in total. The van der Waals surface area contributed by atoms with Crippen molar-refractivity contribution in [3.8, 4) is 11.3 Å². The Morgan fingerprint density at radius 1 is 1.14 bits per heavy atom. The summed E-state index contributed by atoms with van der Waals surface area (Å²) in [6.45, 7) is 10.6. The third-order valence-corrected chi connectivity index (χ3v) is 6.92. The molecule has 0 aliphatic carbocycles. The molecule has 0 radical (unpaired) electrons. The summed E-state index contributed by atoms with van der Waals surface area (Å²) in [5.74, 6) is -1.03. The van der Waals surface area contributed by atoms with E-state index >= 15 is 0 Å². The summed E-state index contributed by atoms with van der Waals surface area (Å²) >= 11 is 0. The number of rotatable bonds is 7. The minimum Gasteiger partial charge on any atom is -0.477 e. The number of carbonyl (C=O) groups is 2. The lowest BCUT2D eigenvalue weighted by molar-refractivity contribution is 0.0496. The molecule has 0 saturated carbocycles. The first-order chi connectivity index (χ1) is 16.6. The van der Waals surface area contributed by atoms with Crippen molar-refractivity contribution in [2.75, 3.05) is 31.7 Å². The maximum Gasteiger partial charge on any atom is 0.341 e. The van der Waals surface area contributed by atoms with Crippen LogP contribution < -0.4 is 10.3 Å². The van der Waals surface area contributed by atoms with Crippen LogP contribution in [0.25, 0.3) is 11.3 Å². The number of aromatic carboxylic acids is 1. The molecule has 0 amide bonds. The largest absolute Gasteiger partial charge is 0.477 e. The topological polar surface area (TPSA) is 98.1 Å². The lowest BCUT2D eigenvalue weighted by Gasteiger charge is -2.34. The summed E-state index contributed by atoms with van der Waals surface area (Å²) < 4.78 is 13.0. The first kappa shape index (κ1) is 25.0. The summed E-state index contributed by atoms with van der Waals surface area (Å²) in [6.07, 6.45) is 3.10. The van der Waals surface area contributed by atoms with Crippen LogP contribution in [0, 0.1) is 11.8 Å². The Morgan fingerprint density at radius 2 is 1.89 bits per heavy atom. The highest BCUT2D eigenvalue weighted by Gasteiger charge is 2.32. The van der Waals surface area contributed by atoms with Crippen molar-refractivity contribution in [3.05, 3.63) is 51.3 Å². The van der Waals surface area contributed by atoms with Gasteiger partial charge in [-0.25, -0.2) is 9.59 Å². The summed E-state index contributed by atoms with van der Waals surface area (Å²) in [7, 11) is 1.36. The second-order valence-corrected chi connectivity index (χ2v) is 10.3. The molecule has 188 valence electrons. The van der Waals surface area contributed by atoms with Gasteiger partial charge in [0.15, 0.2) is 5.43 Å². The fourth-order valence-electron chi connectivity index (χ4n) is 5.07. The van der Waals surface area contributed by atoms with Gasteiger partial charge in [-0.1, -0.05) is 27.7 Å². The van der Waals surface area contributed by atoms with Gasteiger partial charge in [-0.2, -0.15) is 0 Å². The number of hydrogen-bond acceptors (Lipinski definition) is 6. The zero-order chi connectivity index (χ0) is 25.4. The van der Waals surface area contributed by atoms with Gasteiger partial charge < -0.3 is 24.0 Å². The number of aromatic nitrogens is 1. The van der Waals surface area contributed by atoms with Gasteiger partial charge in [0.1, 0.15) is 5.56 Å². The molecule has 1 fully saturated rings. The van der Waals surface area contributed by atoms with Crippen molar-refractivity contribution >= 4 is 17.6 Å². The predicted octanol–water partition coefficient (Wildman–Crippen LogP) is 4.00. The third kappa shape index (κ3) is 4.85. The van der Waals surface area contributed by atoms with Crippen LogP contribution >= 0.6 is 0 Å². The fourth-order valence-corrected chi connectivity index (χ4v) is 5.07. The Morgan fingerprint density at radius 3 is 2.51 bits per heavy atom. The summed E-state index contributed by atoms with van der Waals surface area (Å²) in [4.78, 5) is 39.3. The SMILES string of the molecule is COC(=O)c1cc2c(cc1N1CC[C@H](OCC(C)C)C1)CC(C(C)C)n1cc(C(=O)O)c(=O)cc1-2. The van der Waals surface area contributed by atoms with E-state index in [0.717, 1.165) is 29.8 Å². The Bertz CT molecular complexity index is 1200. The molecule has 3 heterocycles. The quantitative estimate of drug-likeness (QED) is 0.596. The number of carboxylic acid groups (broad SMARTS) is 1. The van der Waals surface area contributed by atoms with Crippen LogP contribution in [-0.2, 0) is 15.9 Å². The first-order valence-corrected chi connectivity index (χ1v) is 12.2. The smallest absolute Gasteiger partial charge is 0.341 e. The van der Waals surface area contributed by atoms with Gasteiger partial charge in [-0.15, -0.1) is 0 Å². The summed E-state index contributed by atoms with van der Waals surface area (Å²) in [6, 6.07) is 5.19. The van der Waals surface area contributed by atoms with Gasteiger partial charge in [0.25, 0.3) is 0 Å². The molecule has 1 saturated heterocycles. The Hall–Kier alpha value is -3.13. The molecule has 1 aromatic carbocycles. The lowest BCUT2D eigenvalue weighted by atomic mass is 9.86. The number of benzene rings is 1. The standard InChI is InChI=1S/C27H34N2O6/c1-15(2)14-35-18-6-7-28(12-18)23-9-17-8-22(16(3)4)29-13-21(26(31)32)25(30)11-24(29)19(17)10-20(23)27(33)34-5/h9-11,13,15-16,18,22H,6-8,12,14H2,1-5H3,(H,31,32)/t18-,22?/m0/s1. The number of nitrogens with zero attached hydrogens (tertiary/aromatic N) is 2. The number of anilines is 1. The molecule has 1 aromatic heterocycles. The van der Waals surface area contributed by atoms with E-state index in [0.29, 0.717) is 36.7 Å². The van der Waals surface area contributed by atoms with Crippen molar-refractivity contribution in [3.63, 3.8) is 0 Å². The molecule has 8 heteroatoms. The number of carboxylic acids is 1. The van der Waals surface area contributed by atoms with Crippen LogP contribution in [0.4, 0.5) is 5.69 Å². The maximum absolute atomic E-state index is 12.8. The summed E-state index contributed by atoms with van der Waals surface area (Å²) in [5.41, 5.74) is 2.85. The average molecular weight is 483 g/mol. The normalized spacial score (nSPS) is 19.1. The zero-order valence-electron chi connectivity index (χ0n) is 21.0. The molecular weight excluding hydrogens is 448 g/mol. The molecule has 4 rings (SSSR count). The van der Waals surface area contributed by atoms with Crippen molar-refractivity contribution < 1.29 is 24.2 Å². The predicted molar refractivity (Wildman–Crippen MR) is 133 cm³/mol. The average Bonchev–Trinajstić information content (AvgIpc) is 3.29. The summed E-state index contributed by atoms with van der Waals surface area (Å²) in [5, 5.41) is 9.49. The van der Waals surface area contributed by atoms with E-state index in [-0.39, 0.29) is 23.6 Å². The number of pyridine rings is 1. The second kappa shape index (κ2) is 9.85. The van der Waals surface area contributed by atoms with Gasteiger partial charge in [0, 0.05) is 43.6 Å². The molecule has 2 aromatic rings. The van der Waals surface area contributed by atoms with Gasteiger partial charge in [0.05, 0.1) is 30.2 Å². The Balaban J connectivity index is 1.81. The third-order valence-electron chi connectivity index (χ3n) is 6.92. The van der Waals surface area contributed by atoms with Crippen molar-refractivity contribution in [2.24, 2.45) is 11.8 Å². The van der Waals surface area contributed by atoms with Crippen LogP contribution in [0.5, 0.6) is 0 Å². The van der Waals surface area contributed by atoms with Crippen LogP contribution in [0.1, 0.15) is 66.4 Å². The molecule has 0 bridgehead atoms. The molecule has 2 aliphatic rings. The van der Waals surface area contributed by atoms with Gasteiger partial charge in [0.2, 0.25) is 0 Å². The monoisotopic (exact) mass is 482 g/mol. The van der Waals surface area contributed by atoms with Crippen LogP contribution in [0.3, 0.4) is 0 Å². The number of methoxy groups -OCH3 is 1. The van der Waals surface area contributed by atoms with Gasteiger partial charge >= 0.3 is 11.9 Å². The fraction of sp³-hybridized carbons (Fsp3) is 0.519. The zero-order valence-corrected chi connectivity index (χ0v) is 21.0. The molecule has 35 heavy (non-hydrogen) atoms. The lowest BCUT2D eigenvalue weighted by Crippen LogP contribution is -2.29. The minimum atomic E-state index is -1.24. The van der Waals surface area contributed by atoms with Gasteiger partial charge in [-0.05, 0) is 42.4 Å². The second-order valence-electron chi connectivity index (χ2n) is 10.3. The van der Waals surface area contributed by atoms with E-state index in [4.69, 9.17) is 9.47 Å². The van der Waals surface area contributed by atoms with E-state index in [1.807, 2.05) is 10.6 Å². The Kier molecular flexibility index (Phi) is 7.03. The van der Waals surface area contributed by atoms with Crippen LogP contribution in [0.2, 0.25) is 0 Å². The molecule has 0 spiro atoms. The van der Waals surface area contributed by atoms with Crippen molar-refractivity contribution in [2.45, 2.75) is 52.7 Å². The van der Waals surface area contributed by atoms with Crippen molar-refractivity contribution in [1.82, 2.24) is 4.57 Å². The highest BCUT2D eigenvalue weighted by molar-refractivity contribution is 5.98. The molecule has 1 unspecified atom stereocenters. The van der Waals surface area contributed by atoms with E-state index in [1.165, 1.54) is 19.4 Å². The van der Waals surface area contributed by atoms with Crippen LogP contribution in [-0.4, -0.2) is 54.5 Å². The maximum atomic E-state index is 12.8. The molecular formula is C27H34N2O6. The highest BCUT2D eigenvalue weighted by Crippen LogP contribution is 2.41. The number of hydrogen-bond donors (Lipinski definition) is 1. The van der Waals surface area contributed by atoms with E-state index in [9.17, 15) is 19.5 Å². The van der Waals surface area contributed by atoms with Gasteiger partial charge in [-0.3, -0.25) is 4.79 Å². The Labute approximate surface area is 205 Å². The molecule has 2 aliphatic heterocycles.